The Morgan fingerprint density at radius 2 is 2.04 bits per heavy atom. The number of carbonyl (C=O) groups is 2. The molecular weight excluding hydrogens is 354 g/mol. The fourth-order valence-corrected chi connectivity index (χ4v) is 4.80. The minimum Gasteiger partial charge on any atom is -0.376 e. The molecule has 1 N–H and O–H groups in total. The molecule has 152 valence electrons. The summed E-state index contributed by atoms with van der Waals surface area (Å²) in [6.07, 6.45) is 5.86. The molecule has 3 aliphatic rings. The van der Waals surface area contributed by atoms with Crippen molar-refractivity contribution in [2.24, 2.45) is 5.41 Å². The molecule has 1 spiro atoms. The summed E-state index contributed by atoms with van der Waals surface area (Å²) in [6.45, 7) is 5.88. The standard InChI is InChI=1S/C22H31N3O3/c1-17-5-2-3-7-19(17)23-21(27)24-12-10-22(11-13-24)9-8-20(26)25(16-22)15-18-6-4-14-28-18/h2-3,5,7,18H,4,6,8-16H2,1H3,(H,23,27)/t18-/m0/s1. The van der Waals surface area contributed by atoms with Crippen LogP contribution in [0.3, 0.4) is 0 Å². The van der Waals surface area contributed by atoms with E-state index >= 15 is 0 Å². The lowest BCUT2D eigenvalue weighted by atomic mass is 9.72. The first-order valence-electron chi connectivity index (χ1n) is 10.6. The zero-order valence-electron chi connectivity index (χ0n) is 16.8. The first-order chi connectivity index (χ1) is 13.5. The van der Waals surface area contributed by atoms with Gasteiger partial charge in [-0.15, -0.1) is 0 Å². The summed E-state index contributed by atoms with van der Waals surface area (Å²) >= 11 is 0. The molecule has 1 aromatic carbocycles. The highest BCUT2D eigenvalue weighted by Gasteiger charge is 2.42. The second kappa shape index (κ2) is 8.11. The molecule has 0 aromatic heterocycles. The number of piperidine rings is 2. The monoisotopic (exact) mass is 385 g/mol. The predicted molar refractivity (Wildman–Crippen MR) is 108 cm³/mol. The maximum atomic E-state index is 12.7. The van der Waals surface area contributed by atoms with Crippen LogP contribution in [0, 0.1) is 12.3 Å². The van der Waals surface area contributed by atoms with Crippen molar-refractivity contribution in [1.29, 1.82) is 0 Å². The van der Waals surface area contributed by atoms with E-state index in [0.29, 0.717) is 6.42 Å². The molecule has 0 bridgehead atoms. The molecule has 0 unspecified atom stereocenters. The lowest BCUT2D eigenvalue weighted by Crippen LogP contribution is -2.54. The van der Waals surface area contributed by atoms with Gasteiger partial charge in [0.05, 0.1) is 6.10 Å². The van der Waals surface area contributed by atoms with E-state index in [0.717, 1.165) is 76.1 Å². The summed E-state index contributed by atoms with van der Waals surface area (Å²) in [4.78, 5) is 29.0. The summed E-state index contributed by atoms with van der Waals surface area (Å²) in [5.41, 5.74) is 2.10. The van der Waals surface area contributed by atoms with E-state index in [-0.39, 0.29) is 23.5 Å². The van der Waals surface area contributed by atoms with E-state index in [9.17, 15) is 9.59 Å². The second-order valence-electron chi connectivity index (χ2n) is 8.64. The van der Waals surface area contributed by atoms with E-state index in [2.05, 4.69) is 5.32 Å². The van der Waals surface area contributed by atoms with Crippen molar-refractivity contribution in [1.82, 2.24) is 9.80 Å². The molecule has 3 heterocycles. The van der Waals surface area contributed by atoms with Crippen molar-refractivity contribution in [3.05, 3.63) is 29.8 Å². The third-order valence-corrected chi connectivity index (χ3v) is 6.69. The van der Waals surface area contributed by atoms with Gasteiger partial charge < -0.3 is 19.9 Å². The van der Waals surface area contributed by atoms with Crippen molar-refractivity contribution in [2.45, 2.75) is 51.6 Å². The van der Waals surface area contributed by atoms with Crippen LogP contribution in [0.5, 0.6) is 0 Å². The maximum Gasteiger partial charge on any atom is 0.321 e. The number of amides is 3. The van der Waals surface area contributed by atoms with Crippen molar-refractivity contribution >= 4 is 17.6 Å². The number of carbonyl (C=O) groups excluding carboxylic acids is 2. The predicted octanol–water partition coefficient (Wildman–Crippen LogP) is 3.41. The molecule has 6 heteroatoms. The summed E-state index contributed by atoms with van der Waals surface area (Å²) in [6, 6.07) is 7.83. The van der Waals surface area contributed by atoms with E-state index in [1.54, 1.807) is 0 Å². The SMILES string of the molecule is Cc1ccccc1NC(=O)N1CCC2(CCC(=O)N(C[C@@H]3CCCO3)C2)CC1. The Morgan fingerprint density at radius 3 is 2.75 bits per heavy atom. The van der Waals surface area contributed by atoms with Crippen LogP contribution in [0.15, 0.2) is 24.3 Å². The molecule has 4 rings (SSSR count). The molecule has 3 saturated heterocycles. The highest BCUT2D eigenvalue weighted by Crippen LogP contribution is 2.40. The first kappa shape index (κ1) is 19.2. The van der Waals surface area contributed by atoms with Gasteiger partial charge in [0.15, 0.2) is 0 Å². The fraction of sp³-hybridized carbons (Fsp3) is 0.636. The van der Waals surface area contributed by atoms with Gasteiger partial charge in [-0.2, -0.15) is 0 Å². The van der Waals surface area contributed by atoms with Crippen LogP contribution in [0.1, 0.15) is 44.1 Å². The Kier molecular flexibility index (Phi) is 5.58. The lowest BCUT2D eigenvalue weighted by molar-refractivity contribution is -0.140. The van der Waals surface area contributed by atoms with Gasteiger partial charge in [-0.25, -0.2) is 4.79 Å². The van der Waals surface area contributed by atoms with Crippen LogP contribution >= 0.6 is 0 Å². The van der Waals surface area contributed by atoms with Crippen LogP contribution in [0.2, 0.25) is 0 Å². The molecule has 1 aromatic rings. The Bertz CT molecular complexity index is 721. The van der Waals surface area contributed by atoms with Gasteiger partial charge in [-0.05, 0) is 56.1 Å². The largest absolute Gasteiger partial charge is 0.376 e. The highest BCUT2D eigenvalue weighted by molar-refractivity contribution is 5.90. The molecule has 6 nitrogen and oxygen atoms in total. The second-order valence-corrected chi connectivity index (χ2v) is 8.64. The zero-order valence-corrected chi connectivity index (χ0v) is 16.8. The van der Waals surface area contributed by atoms with Gasteiger partial charge in [0.1, 0.15) is 0 Å². The summed E-state index contributed by atoms with van der Waals surface area (Å²) < 4.78 is 5.74. The van der Waals surface area contributed by atoms with Crippen LogP contribution < -0.4 is 5.32 Å². The number of benzene rings is 1. The van der Waals surface area contributed by atoms with E-state index < -0.39 is 0 Å². The smallest absolute Gasteiger partial charge is 0.321 e. The van der Waals surface area contributed by atoms with Crippen molar-refractivity contribution < 1.29 is 14.3 Å². The lowest BCUT2D eigenvalue weighted by Gasteiger charge is -2.47. The number of rotatable bonds is 3. The third-order valence-electron chi connectivity index (χ3n) is 6.69. The topological polar surface area (TPSA) is 61.9 Å². The van der Waals surface area contributed by atoms with Crippen LogP contribution in [0.4, 0.5) is 10.5 Å². The minimum atomic E-state index is -0.0211. The van der Waals surface area contributed by atoms with Gasteiger partial charge in [0, 0.05) is 44.9 Å². The molecule has 28 heavy (non-hydrogen) atoms. The number of para-hydroxylation sites is 1. The summed E-state index contributed by atoms with van der Waals surface area (Å²) in [5.74, 6) is 0.265. The molecule has 3 amide bonds. The number of likely N-dealkylation sites (tertiary alicyclic amines) is 2. The molecule has 0 radical (unpaired) electrons. The van der Waals surface area contributed by atoms with Gasteiger partial charge in [-0.1, -0.05) is 18.2 Å². The number of aryl methyl sites for hydroxylation is 1. The van der Waals surface area contributed by atoms with Gasteiger partial charge >= 0.3 is 6.03 Å². The average Bonchev–Trinajstić information content (AvgIpc) is 3.20. The normalized spacial score (nSPS) is 24.6. The number of ether oxygens (including phenoxy) is 1. The highest BCUT2D eigenvalue weighted by atomic mass is 16.5. The van der Waals surface area contributed by atoms with Gasteiger partial charge in [0.25, 0.3) is 0 Å². The fourth-order valence-electron chi connectivity index (χ4n) is 4.80. The Hall–Kier alpha value is -2.08. The summed E-state index contributed by atoms with van der Waals surface area (Å²) in [7, 11) is 0. The molecule has 0 saturated carbocycles. The number of anilines is 1. The number of nitrogens with one attached hydrogen (secondary N) is 1. The van der Waals surface area contributed by atoms with E-state index in [1.165, 1.54) is 0 Å². The van der Waals surface area contributed by atoms with Crippen LogP contribution in [0.25, 0.3) is 0 Å². The zero-order chi connectivity index (χ0) is 19.6. The maximum absolute atomic E-state index is 12.7. The molecule has 3 aliphatic heterocycles. The number of nitrogens with zero attached hydrogens (tertiary/aromatic N) is 2. The van der Waals surface area contributed by atoms with Crippen molar-refractivity contribution in [2.75, 3.05) is 38.1 Å². The van der Waals surface area contributed by atoms with E-state index in [4.69, 9.17) is 4.74 Å². The number of urea groups is 1. The van der Waals surface area contributed by atoms with Gasteiger partial charge in [0.2, 0.25) is 5.91 Å². The van der Waals surface area contributed by atoms with Crippen LogP contribution in [-0.4, -0.2) is 60.6 Å². The minimum absolute atomic E-state index is 0.0211. The van der Waals surface area contributed by atoms with Crippen LogP contribution in [-0.2, 0) is 9.53 Å². The first-order valence-corrected chi connectivity index (χ1v) is 10.6. The Balaban J connectivity index is 1.33. The van der Waals surface area contributed by atoms with Crippen molar-refractivity contribution in [3.63, 3.8) is 0 Å². The number of hydrogen-bond acceptors (Lipinski definition) is 3. The van der Waals surface area contributed by atoms with Gasteiger partial charge in [-0.3, -0.25) is 4.79 Å². The quantitative estimate of drug-likeness (QED) is 0.867. The Morgan fingerprint density at radius 1 is 1.25 bits per heavy atom. The number of hydrogen-bond donors (Lipinski definition) is 1. The molecule has 0 aliphatic carbocycles. The van der Waals surface area contributed by atoms with Crippen molar-refractivity contribution in [3.8, 4) is 0 Å². The Labute approximate surface area is 167 Å². The third kappa shape index (κ3) is 4.17. The average molecular weight is 386 g/mol. The summed E-state index contributed by atoms with van der Waals surface area (Å²) in [5, 5.41) is 3.04. The molecular formula is C22H31N3O3. The molecule has 3 fully saturated rings. The molecule has 1 atom stereocenters. The van der Waals surface area contributed by atoms with E-state index in [1.807, 2.05) is 41.0 Å².